The molecule has 0 saturated carbocycles. The molecule has 1 atom stereocenters. The van der Waals surface area contributed by atoms with Crippen molar-refractivity contribution >= 4 is 5.91 Å². The van der Waals surface area contributed by atoms with Crippen LogP contribution < -0.4 is 5.32 Å². The van der Waals surface area contributed by atoms with E-state index in [1.54, 1.807) is 7.11 Å². The molecule has 0 aliphatic carbocycles. The van der Waals surface area contributed by atoms with Crippen molar-refractivity contribution in [3.8, 4) is 0 Å². The summed E-state index contributed by atoms with van der Waals surface area (Å²) in [6, 6.07) is 0. The molecule has 1 unspecified atom stereocenters. The molecule has 4 heteroatoms. The minimum Gasteiger partial charge on any atom is -0.378 e. The number of nitrogens with one attached hydrogen (secondary N) is 1. The molecule has 1 amide bonds. The first-order valence-electron chi connectivity index (χ1n) is 4.18. The molecule has 0 radical (unpaired) electrons. The lowest BCUT2D eigenvalue weighted by molar-refractivity contribution is -0.117. The Morgan fingerprint density at radius 3 is 2.69 bits per heavy atom. The monoisotopic (exact) mass is 186 g/mol. The van der Waals surface area contributed by atoms with Crippen LogP contribution in [0.5, 0.6) is 0 Å². The van der Waals surface area contributed by atoms with Crippen molar-refractivity contribution in [3.05, 3.63) is 12.7 Å². The van der Waals surface area contributed by atoms with E-state index in [0.29, 0.717) is 6.54 Å². The van der Waals surface area contributed by atoms with Gasteiger partial charge in [-0.25, -0.2) is 0 Å². The number of amides is 1. The van der Waals surface area contributed by atoms with Gasteiger partial charge in [-0.1, -0.05) is 6.58 Å². The maximum absolute atomic E-state index is 10.8. The third-order valence-corrected chi connectivity index (χ3v) is 1.59. The van der Waals surface area contributed by atoms with Crippen LogP contribution in [0.15, 0.2) is 12.7 Å². The van der Waals surface area contributed by atoms with E-state index in [2.05, 4.69) is 11.9 Å². The van der Waals surface area contributed by atoms with Gasteiger partial charge in [0.05, 0.1) is 6.10 Å². The summed E-state index contributed by atoms with van der Waals surface area (Å²) in [5.74, 6) is -0.166. The number of ether oxygens (including phenoxy) is 1. The van der Waals surface area contributed by atoms with Crippen molar-refractivity contribution in [2.45, 2.75) is 6.10 Å². The first kappa shape index (κ1) is 12.1. The van der Waals surface area contributed by atoms with E-state index in [0.717, 1.165) is 6.54 Å². The smallest absolute Gasteiger partial charge is 0.243 e. The Hall–Kier alpha value is -0.870. The van der Waals surface area contributed by atoms with Crippen LogP contribution in [0.2, 0.25) is 0 Å². The van der Waals surface area contributed by atoms with Gasteiger partial charge in [0.2, 0.25) is 5.91 Å². The molecule has 0 heterocycles. The van der Waals surface area contributed by atoms with Crippen LogP contribution in [0.25, 0.3) is 0 Å². The standard InChI is InChI=1S/C9H18N2O2/c1-5-9(12)10-6-8(13-4)7-11(2)3/h5,8H,1,6-7H2,2-4H3,(H,10,12). The van der Waals surface area contributed by atoms with Gasteiger partial charge in [-0.2, -0.15) is 0 Å². The van der Waals surface area contributed by atoms with E-state index in [-0.39, 0.29) is 12.0 Å². The van der Waals surface area contributed by atoms with Crippen LogP contribution in [0.3, 0.4) is 0 Å². The maximum atomic E-state index is 10.8. The van der Waals surface area contributed by atoms with Gasteiger partial charge in [-0.05, 0) is 20.2 Å². The molecule has 0 aromatic carbocycles. The van der Waals surface area contributed by atoms with Gasteiger partial charge in [0.25, 0.3) is 0 Å². The minimum absolute atomic E-state index is 0.0268. The van der Waals surface area contributed by atoms with Gasteiger partial charge in [-0.3, -0.25) is 4.79 Å². The van der Waals surface area contributed by atoms with Crippen LogP contribution >= 0.6 is 0 Å². The second-order valence-electron chi connectivity index (χ2n) is 3.07. The summed E-state index contributed by atoms with van der Waals surface area (Å²) in [5.41, 5.74) is 0. The Labute approximate surface area is 79.6 Å². The molecular weight excluding hydrogens is 168 g/mol. The third kappa shape index (κ3) is 6.31. The molecule has 0 spiro atoms. The van der Waals surface area contributed by atoms with Gasteiger partial charge in [0, 0.05) is 20.2 Å². The number of methoxy groups -OCH3 is 1. The lowest BCUT2D eigenvalue weighted by Crippen LogP contribution is -2.38. The van der Waals surface area contributed by atoms with E-state index >= 15 is 0 Å². The molecule has 0 fully saturated rings. The number of hydrogen-bond acceptors (Lipinski definition) is 3. The third-order valence-electron chi connectivity index (χ3n) is 1.59. The van der Waals surface area contributed by atoms with Crippen LogP contribution in [-0.4, -0.2) is 51.2 Å². The second kappa shape index (κ2) is 6.62. The van der Waals surface area contributed by atoms with E-state index in [4.69, 9.17) is 4.74 Å². The summed E-state index contributed by atoms with van der Waals surface area (Å²) in [6.45, 7) is 4.66. The SMILES string of the molecule is C=CC(=O)NCC(CN(C)C)OC. The molecule has 1 N–H and O–H groups in total. The summed E-state index contributed by atoms with van der Waals surface area (Å²) >= 11 is 0. The Balaban J connectivity index is 3.71. The fourth-order valence-electron chi connectivity index (χ4n) is 0.916. The van der Waals surface area contributed by atoms with Gasteiger partial charge in [0.1, 0.15) is 0 Å². The van der Waals surface area contributed by atoms with E-state index in [1.807, 2.05) is 19.0 Å². The summed E-state index contributed by atoms with van der Waals surface area (Å²) in [4.78, 5) is 12.8. The fraction of sp³-hybridized carbons (Fsp3) is 0.667. The first-order chi connectivity index (χ1) is 6.10. The van der Waals surface area contributed by atoms with Gasteiger partial charge in [0.15, 0.2) is 0 Å². The second-order valence-corrected chi connectivity index (χ2v) is 3.07. The number of likely N-dealkylation sites (N-methyl/N-ethyl adjacent to an activating group) is 1. The van der Waals surface area contributed by atoms with Crippen molar-refractivity contribution in [2.75, 3.05) is 34.3 Å². The Bertz CT molecular complexity index is 169. The zero-order valence-electron chi connectivity index (χ0n) is 8.54. The van der Waals surface area contributed by atoms with Crippen molar-refractivity contribution in [1.82, 2.24) is 10.2 Å². The van der Waals surface area contributed by atoms with Crippen molar-refractivity contribution in [2.24, 2.45) is 0 Å². The van der Waals surface area contributed by atoms with E-state index < -0.39 is 0 Å². The molecule has 0 aromatic rings. The number of rotatable bonds is 6. The van der Waals surface area contributed by atoms with E-state index in [1.165, 1.54) is 6.08 Å². The quantitative estimate of drug-likeness (QED) is 0.587. The average Bonchev–Trinajstić information content (AvgIpc) is 2.10. The summed E-state index contributed by atoms with van der Waals surface area (Å²) in [5, 5.41) is 2.68. The minimum atomic E-state index is -0.166. The Morgan fingerprint density at radius 2 is 2.31 bits per heavy atom. The first-order valence-corrected chi connectivity index (χ1v) is 4.18. The van der Waals surface area contributed by atoms with Crippen molar-refractivity contribution in [1.29, 1.82) is 0 Å². The van der Waals surface area contributed by atoms with Gasteiger partial charge in [-0.15, -0.1) is 0 Å². The Kier molecular flexibility index (Phi) is 6.18. The number of nitrogens with zero attached hydrogens (tertiary/aromatic N) is 1. The zero-order chi connectivity index (χ0) is 10.3. The number of hydrogen-bond donors (Lipinski definition) is 1. The topological polar surface area (TPSA) is 41.6 Å². The molecule has 0 aliphatic rings. The van der Waals surface area contributed by atoms with Crippen LogP contribution in [0.4, 0.5) is 0 Å². The molecule has 0 aromatic heterocycles. The predicted molar refractivity (Wildman–Crippen MR) is 52.6 cm³/mol. The molecule has 4 nitrogen and oxygen atoms in total. The predicted octanol–water partition coefficient (Wildman–Crippen LogP) is -0.135. The molecule has 76 valence electrons. The molecule has 0 rings (SSSR count). The molecule has 0 saturated heterocycles. The fourth-order valence-corrected chi connectivity index (χ4v) is 0.916. The molecule has 0 aliphatic heterocycles. The van der Waals surface area contributed by atoms with Gasteiger partial charge < -0.3 is 15.0 Å². The normalized spacial score (nSPS) is 12.6. The highest BCUT2D eigenvalue weighted by molar-refractivity contribution is 5.86. The summed E-state index contributed by atoms with van der Waals surface area (Å²) in [7, 11) is 5.55. The highest BCUT2D eigenvalue weighted by Crippen LogP contribution is 1.90. The summed E-state index contributed by atoms with van der Waals surface area (Å²) in [6.07, 6.45) is 1.28. The van der Waals surface area contributed by atoms with Crippen molar-refractivity contribution in [3.63, 3.8) is 0 Å². The lowest BCUT2D eigenvalue weighted by Gasteiger charge is -2.19. The van der Waals surface area contributed by atoms with E-state index in [9.17, 15) is 4.79 Å². The number of carbonyl (C=O) groups excluding carboxylic acids is 1. The maximum Gasteiger partial charge on any atom is 0.243 e. The summed E-state index contributed by atoms with van der Waals surface area (Å²) < 4.78 is 5.17. The number of carbonyl (C=O) groups is 1. The largest absolute Gasteiger partial charge is 0.378 e. The van der Waals surface area contributed by atoms with Crippen LogP contribution in [-0.2, 0) is 9.53 Å². The molecular formula is C9H18N2O2. The lowest BCUT2D eigenvalue weighted by atomic mass is 10.3. The Morgan fingerprint density at radius 1 is 1.69 bits per heavy atom. The highest BCUT2D eigenvalue weighted by Gasteiger charge is 2.08. The molecule has 0 bridgehead atoms. The molecule has 13 heavy (non-hydrogen) atoms. The van der Waals surface area contributed by atoms with Crippen LogP contribution in [0.1, 0.15) is 0 Å². The average molecular weight is 186 g/mol. The van der Waals surface area contributed by atoms with Crippen LogP contribution in [0, 0.1) is 0 Å². The van der Waals surface area contributed by atoms with Crippen molar-refractivity contribution < 1.29 is 9.53 Å². The zero-order valence-corrected chi connectivity index (χ0v) is 8.54. The highest BCUT2D eigenvalue weighted by atomic mass is 16.5. The van der Waals surface area contributed by atoms with Gasteiger partial charge >= 0.3 is 0 Å².